The lowest BCUT2D eigenvalue weighted by atomic mass is 9.89. The van der Waals surface area contributed by atoms with E-state index in [2.05, 4.69) is 18.2 Å². The Morgan fingerprint density at radius 1 is 0.964 bits per heavy atom. The topological polar surface area (TPSA) is 63.4 Å². The monoisotopic (exact) mass is 376 g/mol. The van der Waals surface area contributed by atoms with Gasteiger partial charge in [0.25, 0.3) is 0 Å². The van der Waals surface area contributed by atoms with E-state index >= 15 is 0 Å². The summed E-state index contributed by atoms with van der Waals surface area (Å²) < 4.78 is 0. The number of ketones is 1. The summed E-state index contributed by atoms with van der Waals surface area (Å²) in [5.41, 5.74) is 10.6. The highest BCUT2D eigenvalue weighted by Crippen LogP contribution is 2.32. The number of carbonyl (C=O) groups is 2. The number of aryl methyl sites for hydroxylation is 2. The van der Waals surface area contributed by atoms with Gasteiger partial charge in [0, 0.05) is 37.4 Å². The van der Waals surface area contributed by atoms with Crippen LogP contribution in [0.5, 0.6) is 0 Å². The van der Waals surface area contributed by atoms with Gasteiger partial charge in [-0.3, -0.25) is 9.59 Å². The zero-order valence-electron chi connectivity index (χ0n) is 16.3. The van der Waals surface area contributed by atoms with Crippen molar-refractivity contribution in [3.05, 3.63) is 70.8 Å². The average Bonchev–Trinajstić information content (AvgIpc) is 3.38. The molecule has 28 heavy (non-hydrogen) atoms. The summed E-state index contributed by atoms with van der Waals surface area (Å²) in [5.74, 6) is 0.685. The van der Waals surface area contributed by atoms with Gasteiger partial charge in [-0.05, 0) is 54.5 Å². The maximum atomic E-state index is 12.7. The molecule has 146 valence electrons. The minimum Gasteiger partial charge on any atom is -0.342 e. The van der Waals surface area contributed by atoms with Gasteiger partial charge in [-0.1, -0.05) is 42.5 Å². The second kappa shape index (κ2) is 8.27. The lowest BCUT2D eigenvalue weighted by Crippen LogP contribution is -2.30. The number of hydrogen-bond donors (Lipinski definition) is 1. The summed E-state index contributed by atoms with van der Waals surface area (Å²) in [5, 5.41) is 0. The van der Waals surface area contributed by atoms with Gasteiger partial charge in [-0.25, -0.2) is 0 Å². The van der Waals surface area contributed by atoms with Crippen LogP contribution in [0.2, 0.25) is 0 Å². The van der Waals surface area contributed by atoms with Gasteiger partial charge >= 0.3 is 0 Å². The van der Waals surface area contributed by atoms with E-state index in [1.54, 1.807) is 0 Å². The molecule has 0 bridgehead atoms. The second-order valence-corrected chi connectivity index (χ2v) is 8.07. The number of fused-ring (bicyclic) bond motifs is 1. The van der Waals surface area contributed by atoms with Crippen LogP contribution >= 0.6 is 0 Å². The zero-order chi connectivity index (χ0) is 19.5. The number of rotatable bonds is 6. The van der Waals surface area contributed by atoms with Crippen LogP contribution in [-0.4, -0.2) is 36.2 Å². The first-order valence-corrected chi connectivity index (χ1v) is 10.3. The summed E-state index contributed by atoms with van der Waals surface area (Å²) in [4.78, 5) is 27.2. The highest BCUT2D eigenvalue weighted by Gasteiger charge is 2.35. The molecule has 4 nitrogen and oxygen atoms in total. The SMILES string of the molecule is NC[C@@H]1CN(C(=O)CCC(=O)c2ccc3c(c2)CCC3)C[C@H]1c1ccccc1. The highest BCUT2D eigenvalue weighted by atomic mass is 16.2. The van der Waals surface area contributed by atoms with Crippen LogP contribution in [0.15, 0.2) is 48.5 Å². The smallest absolute Gasteiger partial charge is 0.223 e. The molecule has 2 atom stereocenters. The average molecular weight is 377 g/mol. The number of carbonyl (C=O) groups excluding carboxylic acids is 2. The largest absolute Gasteiger partial charge is 0.342 e. The third-order valence-electron chi connectivity index (χ3n) is 6.31. The Morgan fingerprint density at radius 2 is 1.75 bits per heavy atom. The molecule has 2 N–H and O–H groups in total. The molecule has 4 heteroatoms. The molecule has 1 heterocycles. The molecule has 2 aliphatic rings. The lowest BCUT2D eigenvalue weighted by molar-refractivity contribution is -0.130. The van der Waals surface area contributed by atoms with Crippen molar-refractivity contribution >= 4 is 11.7 Å². The van der Waals surface area contributed by atoms with Gasteiger partial charge in [0.05, 0.1) is 0 Å². The summed E-state index contributed by atoms with van der Waals surface area (Å²) in [6, 6.07) is 16.3. The number of amides is 1. The van der Waals surface area contributed by atoms with Crippen molar-refractivity contribution in [2.75, 3.05) is 19.6 Å². The first kappa shape index (κ1) is 18.9. The number of nitrogens with zero attached hydrogens (tertiary/aromatic N) is 1. The van der Waals surface area contributed by atoms with Gasteiger partial charge in [0.2, 0.25) is 5.91 Å². The van der Waals surface area contributed by atoms with Crippen molar-refractivity contribution in [3.8, 4) is 0 Å². The molecular weight excluding hydrogens is 348 g/mol. The normalized spacial score (nSPS) is 21.0. The predicted molar refractivity (Wildman–Crippen MR) is 110 cm³/mol. The van der Waals surface area contributed by atoms with Crippen LogP contribution in [0.25, 0.3) is 0 Å². The van der Waals surface area contributed by atoms with E-state index in [4.69, 9.17) is 5.73 Å². The lowest BCUT2D eigenvalue weighted by Gasteiger charge is -2.17. The molecule has 2 aromatic carbocycles. The van der Waals surface area contributed by atoms with Crippen LogP contribution in [0.1, 0.15) is 52.2 Å². The fraction of sp³-hybridized carbons (Fsp3) is 0.417. The zero-order valence-corrected chi connectivity index (χ0v) is 16.3. The van der Waals surface area contributed by atoms with E-state index in [0.29, 0.717) is 19.6 Å². The Balaban J connectivity index is 1.35. The Morgan fingerprint density at radius 3 is 2.54 bits per heavy atom. The van der Waals surface area contributed by atoms with Gasteiger partial charge in [0.1, 0.15) is 0 Å². The molecule has 1 aliphatic heterocycles. The molecular formula is C24H28N2O2. The maximum Gasteiger partial charge on any atom is 0.223 e. The van der Waals surface area contributed by atoms with Crippen molar-refractivity contribution in [2.24, 2.45) is 11.7 Å². The Bertz CT molecular complexity index is 862. The molecule has 0 saturated carbocycles. The molecule has 4 rings (SSSR count). The molecule has 1 aliphatic carbocycles. The van der Waals surface area contributed by atoms with E-state index in [9.17, 15) is 9.59 Å². The molecule has 2 aromatic rings. The Hall–Kier alpha value is -2.46. The summed E-state index contributed by atoms with van der Waals surface area (Å²) in [6.45, 7) is 1.94. The van der Waals surface area contributed by atoms with Crippen molar-refractivity contribution in [1.29, 1.82) is 0 Å². The summed E-state index contributed by atoms with van der Waals surface area (Å²) >= 11 is 0. The summed E-state index contributed by atoms with van der Waals surface area (Å²) in [6.07, 6.45) is 3.89. The molecule has 0 radical (unpaired) electrons. The minimum absolute atomic E-state index is 0.0615. The van der Waals surface area contributed by atoms with E-state index in [1.165, 1.54) is 23.1 Å². The van der Waals surface area contributed by atoms with E-state index in [0.717, 1.165) is 18.4 Å². The molecule has 1 saturated heterocycles. The number of benzene rings is 2. The van der Waals surface area contributed by atoms with Crippen LogP contribution in [-0.2, 0) is 17.6 Å². The van der Waals surface area contributed by atoms with Gasteiger partial charge in [0.15, 0.2) is 5.78 Å². The Kier molecular flexibility index (Phi) is 5.58. The molecule has 0 unspecified atom stereocenters. The van der Waals surface area contributed by atoms with E-state index in [1.807, 2.05) is 35.2 Å². The van der Waals surface area contributed by atoms with Gasteiger partial charge in [-0.15, -0.1) is 0 Å². The Labute approximate surface area is 166 Å². The van der Waals surface area contributed by atoms with Crippen LogP contribution in [0.3, 0.4) is 0 Å². The standard InChI is InChI=1S/C24H28N2O2/c25-14-21-15-26(16-22(21)18-5-2-1-3-6-18)24(28)12-11-23(27)20-10-9-17-7-4-8-19(17)13-20/h1-3,5-6,9-10,13,21-22H,4,7-8,11-12,14-16,25H2/t21-,22+/m1/s1. The quantitative estimate of drug-likeness (QED) is 0.787. The minimum atomic E-state index is 0.0615. The maximum absolute atomic E-state index is 12.7. The molecule has 0 aromatic heterocycles. The van der Waals surface area contributed by atoms with E-state index < -0.39 is 0 Å². The highest BCUT2D eigenvalue weighted by molar-refractivity contribution is 5.98. The van der Waals surface area contributed by atoms with Crippen molar-refractivity contribution < 1.29 is 9.59 Å². The molecule has 1 fully saturated rings. The predicted octanol–water partition coefficient (Wildman–Crippen LogP) is 3.34. The first-order valence-electron chi connectivity index (χ1n) is 10.3. The van der Waals surface area contributed by atoms with Crippen molar-refractivity contribution in [3.63, 3.8) is 0 Å². The van der Waals surface area contributed by atoms with Gasteiger partial charge < -0.3 is 10.6 Å². The van der Waals surface area contributed by atoms with Gasteiger partial charge in [-0.2, -0.15) is 0 Å². The fourth-order valence-corrected chi connectivity index (χ4v) is 4.66. The third kappa shape index (κ3) is 3.88. The third-order valence-corrected chi connectivity index (χ3v) is 6.31. The number of Topliss-reactive ketones (excluding diaryl/α,β-unsaturated/α-hetero) is 1. The van der Waals surface area contributed by atoms with Crippen LogP contribution in [0, 0.1) is 5.92 Å². The number of hydrogen-bond acceptors (Lipinski definition) is 3. The van der Waals surface area contributed by atoms with Crippen LogP contribution in [0.4, 0.5) is 0 Å². The van der Waals surface area contributed by atoms with Crippen molar-refractivity contribution in [1.82, 2.24) is 4.90 Å². The van der Waals surface area contributed by atoms with Crippen molar-refractivity contribution in [2.45, 2.75) is 38.0 Å². The number of nitrogens with two attached hydrogens (primary N) is 1. The molecule has 1 amide bonds. The fourth-order valence-electron chi connectivity index (χ4n) is 4.66. The number of likely N-dealkylation sites (tertiary alicyclic amines) is 1. The molecule has 0 spiro atoms. The van der Waals surface area contributed by atoms with Crippen LogP contribution < -0.4 is 5.73 Å². The van der Waals surface area contributed by atoms with E-state index in [-0.39, 0.29) is 36.4 Å². The first-order chi connectivity index (χ1) is 13.7. The second-order valence-electron chi connectivity index (χ2n) is 8.07. The summed E-state index contributed by atoms with van der Waals surface area (Å²) in [7, 11) is 0.